The highest BCUT2D eigenvalue weighted by atomic mass is 35.5. The number of carbonyl (C=O) groups is 3. The molecule has 0 aliphatic carbocycles. The van der Waals surface area contributed by atoms with Crippen molar-refractivity contribution in [3.05, 3.63) is 58.1 Å². The summed E-state index contributed by atoms with van der Waals surface area (Å²) in [5.41, 5.74) is -4.05. The number of alkyl halides is 3. The van der Waals surface area contributed by atoms with Gasteiger partial charge >= 0.3 is 12.1 Å². The monoisotopic (exact) mass is 528 g/mol. The molecule has 0 aromatic heterocycles. The Kier molecular flexibility index (Phi) is 7.85. The van der Waals surface area contributed by atoms with E-state index >= 15 is 0 Å². The minimum absolute atomic E-state index is 0.00901. The van der Waals surface area contributed by atoms with Gasteiger partial charge in [-0.15, -0.1) is 0 Å². The van der Waals surface area contributed by atoms with E-state index in [9.17, 15) is 32.7 Å². The van der Waals surface area contributed by atoms with E-state index in [4.69, 9.17) is 21.4 Å². The van der Waals surface area contributed by atoms with Crippen molar-refractivity contribution < 1.29 is 42.5 Å². The molecule has 1 heterocycles. The molecule has 2 unspecified atom stereocenters. The maximum absolute atomic E-state index is 14.5. The van der Waals surface area contributed by atoms with E-state index in [-0.39, 0.29) is 53.6 Å². The molecule has 0 saturated heterocycles. The highest BCUT2D eigenvalue weighted by Crippen LogP contribution is 2.51. The number of aliphatic hydroxyl groups is 1. The predicted octanol–water partition coefficient (Wildman–Crippen LogP) is 3.84. The van der Waals surface area contributed by atoms with Crippen molar-refractivity contribution in [2.45, 2.75) is 37.5 Å². The van der Waals surface area contributed by atoms with Crippen LogP contribution in [0.2, 0.25) is 5.02 Å². The van der Waals surface area contributed by atoms with Crippen molar-refractivity contribution in [2.24, 2.45) is 0 Å². The lowest BCUT2D eigenvalue weighted by Gasteiger charge is -2.38. The normalized spacial score (nSPS) is 16.0. The molecule has 1 aliphatic heterocycles. The summed E-state index contributed by atoms with van der Waals surface area (Å²) in [6.45, 7) is 0.923. The second-order valence-electron chi connectivity index (χ2n) is 8.40. The van der Waals surface area contributed by atoms with Crippen LogP contribution in [0.25, 0.3) is 0 Å². The van der Waals surface area contributed by atoms with Crippen LogP contribution >= 0.6 is 11.6 Å². The molecular formula is C24H24ClF3N2O6. The van der Waals surface area contributed by atoms with Gasteiger partial charge in [0.05, 0.1) is 5.69 Å². The number of carboxylic acids is 1. The molecule has 0 bridgehead atoms. The van der Waals surface area contributed by atoms with Gasteiger partial charge in [-0.2, -0.15) is 13.2 Å². The van der Waals surface area contributed by atoms with Gasteiger partial charge in [-0.05, 0) is 47.9 Å². The Hall–Kier alpha value is -3.31. The largest absolute Gasteiger partial charge is 0.482 e. The minimum atomic E-state index is -5.17. The maximum Gasteiger partial charge on any atom is 0.422 e. The van der Waals surface area contributed by atoms with Crippen LogP contribution in [-0.2, 0) is 15.2 Å². The topological polar surface area (TPSA) is 116 Å². The molecule has 12 heteroatoms. The Morgan fingerprint density at radius 2 is 1.92 bits per heavy atom. The molecule has 194 valence electrons. The zero-order valence-corrected chi connectivity index (χ0v) is 20.1. The molecule has 0 spiro atoms. The van der Waals surface area contributed by atoms with E-state index < -0.39 is 41.0 Å². The van der Waals surface area contributed by atoms with Crippen LogP contribution in [0.3, 0.4) is 0 Å². The van der Waals surface area contributed by atoms with E-state index in [1.165, 1.54) is 25.2 Å². The van der Waals surface area contributed by atoms with Gasteiger partial charge in [-0.1, -0.05) is 24.6 Å². The Labute approximate surface area is 209 Å². The third-order valence-corrected chi connectivity index (χ3v) is 6.47. The molecule has 0 radical (unpaired) electrons. The van der Waals surface area contributed by atoms with Crippen LogP contribution in [-0.4, -0.2) is 54.4 Å². The van der Waals surface area contributed by atoms with Crippen LogP contribution in [0.4, 0.5) is 18.9 Å². The molecule has 0 saturated carbocycles. The lowest BCUT2D eigenvalue weighted by atomic mass is 9.77. The minimum Gasteiger partial charge on any atom is -0.482 e. The number of ether oxygens (including phenoxy) is 1. The van der Waals surface area contributed by atoms with Crippen LogP contribution in [0, 0.1) is 0 Å². The predicted molar refractivity (Wildman–Crippen MR) is 124 cm³/mol. The number of nitrogens with one attached hydrogen (secondary N) is 1. The highest BCUT2D eigenvalue weighted by molar-refractivity contribution is 6.31. The molecule has 1 aliphatic rings. The van der Waals surface area contributed by atoms with Crippen molar-refractivity contribution in [2.75, 3.05) is 25.1 Å². The summed E-state index contributed by atoms with van der Waals surface area (Å²) in [7, 11) is 1.39. The summed E-state index contributed by atoms with van der Waals surface area (Å²) >= 11 is 6.21. The summed E-state index contributed by atoms with van der Waals surface area (Å²) in [4.78, 5) is 36.2. The summed E-state index contributed by atoms with van der Waals surface area (Å²) in [6, 6.07) is 7.09. The summed E-state index contributed by atoms with van der Waals surface area (Å²) in [5, 5.41) is 22.3. The summed E-state index contributed by atoms with van der Waals surface area (Å²) in [6.07, 6.45) is -5.16. The number of likely N-dealkylation sites (N-methyl/N-ethyl adjacent to an activating group) is 1. The number of amides is 2. The van der Waals surface area contributed by atoms with E-state index in [0.29, 0.717) is 0 Å². The first-order valence-electron chi connectivity index (χ1n) is 10.9. The molecule has 0 fully saturated rings. The first kappa shape index (κ1) is 27.3. The number of halogens is 4. The zero-order valence-electron chi connectivity index (χ0n) is 19.4. The fraction of sp³-hybridized carbons (Fsp3) is 0.375. The van der Waals surface area contributed by atoms with Crippen molar-refractivity contribution >= 4 is 35.1 Å². The molecule has 3 N–H and O–H groups in total. The van der Waals surface area contributed by atoms with Crippen molar-refractivity contribution in [1.29, 1.82) is 0 Å². The Morgan fingerprint density at radius 3 is 2.56 bits per heavy atom. The molecule has 8 nitrogen and oxygen atoms in total. The molecule has 2 aromatic carbocycles. The van der Waals surface area contributed by atoms with Gasteiger partial charge in [0.1, 0.15) is 5.75 Å². The summed E-state index contributed by atoms with van der Waals surface area (Å²) < 4.78 is 48.7. The standard InChI is InChI=1S/C24H24ClF3N2O6/c1-13(16-10-14(5-7-17(16)25)22(34)29-9-3-4-21(32)33)23(35,24(26,27)28)15-6-8-19-18(11-15)30(2)20(31)12-36-19/h5-8,10-11,13,35H,3-4,9,12H2,1-2H3,(H,29,34)(H,32,33). The second-order valence-corrected chi connectivity index (χ2v) is 8.81. The number of nitrogens with zero attached hydrogens (tertiary/aromatic N) is 1. The van der Waals surface area contributed by atoms with Crippen LogP contribution in [0.5, 0.6) is 5.75 Å². The Balaban J connectivity index is 1.99. The second kappa shape index (κ2) is 10.4. The molecule has 2 aromatic rings. The molecule has 2 amide bonds. The van der Waals surface area contributed by atoms with Crippen LogP contribution in [0.1, 0.15) is 47.2 Å². The third-order valence-electron chi connectivity index (χ3n) is 6.12. The smallest absolute Gasteiger partial charge is 0.422 e. The number of benzene rings is 2. The SMILES string of the molecule is CC(c1cc(C(=O)NCCCC(=O)O)ccc1Cl)C(O)(c1ccc2c(c1)N(C)C(=O)CO2)C(F)(F)F. The fourth-order valence-corrected chi connectivity index (χ4v) is 4.24. The molecular weight excluding hydrogens is 505 g/mol. The van der Waals surface area contributed by atoms with Gasteiger partial charge in [0, 0.05) is 36.5 Å². The number of aliphatic carboxylic acids is 1. The number of hydrogen-bond acceptors (Lipinski definition) is 5. The zero-order chi connectivity index (χ0) is 26.8. The van der Waals surface area contributed by atoms with Crippen molar-refractivity contribution in [3.8, 4) is 5.75 Å². The first-order chi connectivity index (χ1) is 16.8. The van der Waals surface area contributed by atoms with E-state index in [1.54, 1.807) is 0 Å². The van der Waals surface area contributed by atoms with Crippen molar-refractivity contribution in [3.63, 3.8) is 0 Å². The number of hydrogen-bond donors (Lipinski definition) is 3. The maximum atomic E-state index is 14.5. The van der Waals surface area contributed by atoms with Gasteiger partial charge in [0.15, 0.2) is 12.2 Å². The van der Waals surface area contributed by atoms with Gasteiger partial charge in [0.2, 0.25) is 0 Å². The number of rotatable bonds is 8. The van der Waals surface area contributed by atoms with Crippen molar-refractivity contribution in [1.82, 2.24) is 5.32 Å². The quantitative estimate of drug-likeness (QED) is 0.448. The molecule has 2 atom stereocenters. The first-order valence-corrected chi connectivity index (χ1v) is 11.3. The fourth-order valence-electron chi connectivity index (χ4n) is 3.95. The Morgan fingerprint density at radius 1 is 1.22 bits per heavy atom. The average Bonchev–Trinajstić information content (AvgIpc) is 2.82. The number of carbonyl (C=O) groups excluding carboxylic acids is 2. The lowest BCUT2D eigenvalue weighted by Crippen LogP contribution is -2.47. The van der Waals surface area contributed by atoms with E-state index in [1.807, 2.05) is 0 Å². The van der Waals surface area contributed by atoms with Crippen LogP contribution in [0.15, 0.2) is 36.4 Å². The highest BCUT2D eigenvalue weighted by Gasteiger charge is 2.59. The molecule has 3 rings (SSSR count). The Bertz CT molecular complexity index is 1190. The van der Waals surface area contributed by atoms with Gasteiger partial charge < -0.3 is 25.2 Å². The van der Waals surface area contributed by atoms with Gasteiger partial charge in [0.25, 0.3) is 11.8 Å². The number of anilines is 1. The van der Waals surface area contributed by atoms with Gasteiger partial charge in [-0.25, -0.2) is 0 Å². The lowest BCUT2D eigenvalue weighted by molar-refractivity contribution is -0.274. The van der Waals surface area contributed by atoms with Gasteiger partial charge in [-0.3, -0.25) is 14.4 Å². The number of fused-ring (bicyclic) bond motifs is 1. The van der Waals surface area contributed by atoms with Crippen LogP contribution < -0.4 is 15.0 Å². The number of carboxylic acid groups (broad SMARTS) is 1. The van der Waals surface area contributed by atoms with E-state index in [0.717, 1.165) is 30.0 Å². The third kappa shape index (κ3) is 5.26. The van der Waals surface area contributed by atoms with E-state index in [2.05, 4.69) is 5.32 Å². The average molecular weight is 529 g/mol. The summed E-state index contributed by atoms with van der Waals surface area (Å²) in [5.74, 6) is -3.60. The molecule has 36 heavy (non-hydrogen) atoms.